The number of carboxylic acids is 1. The molecule has 7 heteroatoms. The minimum absolute atomic E-state index is 0.109. The first-order chi connectivity index (χ1) is 9.38. The summed E-state index contributed by atoms with van der Waals surface area (Å²) < 4.78 is 0. The maximum absolute atomic E-state index is 10.9. The zero-order valence-electron chi connectivity index (χ0n) is 9.95. The molecule has 0 aliphatic rings. The van der Waals surface area contributed by atoms with Crippen molar-refractivity contribution >= 4 is 57.8 Å². The average molecular weight is 332 g/mol. The van der Waals surface area contributed by atoms with Gasteiger partial charge in [-0.05, 0) is 30.3 Å². The topological polar surface area (TPSA) is 75.4 Å². The summed E-state index contributed by atoms with van der Waals surface area (Å²) in [7, 11) is 0. The van der Waals surface area contributed by atoms with Gasteiger partial charge >= 0.3 is 5.97 Å². The van der Waals surface area contributed by atoms with Crippen molar-refractivity contribution in [3.63, 3.8) is 0 Å². The number of benzene rings is 2. The first kappa shape index (κ1) is 14.8. The number of carboxylic acid groups (broad SMARTS) is 1. The largest absolute Gasteiger partial charge is 0.478 e. The third-order valence-corrected chi connectivity index (χ3v) is 3.61. The summed E-state index contributed by atoms with van der Waals surface area (Å²) in [5, 5.41) is 12.9. The molecule has 0 spiro atoms. The van der Waals surface area contributed by atoms with Crippen LogP contribution in [0, 0.1) is 0 Å². The molecule has 0 aromatic heterocycles. The van der Waals surface area contributed by atoms with Crippen LogP contribution in [0.4, 0.5) is 17.1 Å². The van der Waals surface area contributed by atoms with E-state index in [9.17, 15) is 4.79 Å². The number of nitrogen functional groups attached to an aromatic ring is 1. The minimum Gasteiger partial charge on any atom is -0.478 e. The molecule has 0 radical (unpaired) electrons. The van der Waals surface area contributed by atoms with Crippen LogP contribution in [0.3, 0.4) is 0 Å². The van der Waals surface area contributed by atoms with Crippen LogP contribution < -0.4 is 11.1 Å². The molecule has 0 aliphatic heterocycles. The van der Waals surface area contributed by atoms with Gasteiger partial charge in [-0.1, -0.05) is 34.8 Å². The second-order valence-electron chi connectivity index (χ2n) is 3.98. The third kappa shape index (κ3) is 3.10. The van der Waals surface area contributed by atoms with E-state index in [0.29, 0.717) is 32.1 Å². The first-order valence-electron chi connectivity index (χ1n) is 5.43. The lowest BCUT2D eigenvalue weighted by atomic mass is 10.1. The second-order valence-corrected chi connectivity index (χ2v) is 5.20. The molecule has 4 nitrogen and oxygen atoms in total. The van der Waals surface area contributed by atoms with Crippen molar-refractivity contribution in [3.05, 3.63) is 51.0 Å². The summed E-state index contributed by atoms with van der Waals surface area (Å²) in [5.74, 6) is -1.05. The molecule has 0 fully saturated rings. The van der Waals surface area contributed by atoms with E-state index in [1.54, 1.807) is 6.07 Å². The number of carbonyl (C=O) groups is 1. The van der Waals surface area contributed by atoms with Gasteiger partial charge in [0.2, 0.25) is 0 Å². The predicted molar refractivity (Wildman–Crippen MR) is 82.6 cm³/mol. The van der Waals surface area contributed by atoms with Gasteiger partial charge < -0.3 is 16.2 Å². The predicted octanol–water partition coefficient (Wildman–Crippen LogP) is 4.67. The Morgan fingerprint density at radius 2 is 1.65 bits per heavy atom. The molecule has 0 saturated carbocycles. The molecule has 20 heavy (non-hydrogen) atoms. The van der Waals surface area contributed by atoms with Gasteiger partial charge in [0.1, 0.15) is 0 Å². The molecule has 104 valence electrons. The van der Waals surface area contributed by atoms with Crippen LogP contribution >= 0.6 is 34.8 Å². The molecular formula is C13H9Cl3N2O2. The van der Waals surface area contributed by atoms with Crippen LogP contribution in [-0.2, 0) is 0 Å². The number of nitrogens with two attached hydrogens (primary N) is 1. The lowest BCUT2D eigenvalue weighted by molar-refractivity contribution is 0.0697. The smallest absolute Gasteiger partial charge is 0.335 e. The van der Waals surface area contributed by atoms with Crippen molar-refractivity contribution in [1.82, 2.24) is 0 Å². The molecule has 2 rings (SSSR count). The first-order valence-corrected chi connectivity index (χ1v) is 6.56. The molecule has 4 N–H and O–H groups in total. The Morgan fingerprint density at radius 3 is 2.30 bits per heavy atom. The van der Waals surface area contributed by atoms with E-state index in [1.807, 2.05) is 0 Å². The molecule has 0 unspecified atom stereocenters. The van der Waals surface area contributed by atoms with E-state index in [4.69, 9.17) is 45.6 Å². The van der Waals surface area contributed by atoms with Gasteiger partial charge in [-0.15, -0.1) is 0 Å². The number of halogens is 3. The average Bonchev–Trinajstić information content (AvgIpc) is 2.38. The highest BCUT2D eigenvalue weighted by molar-refractivity contribution is 6.44. The summed E-state index contributed by atoms with van der Waals surface area (Å²) >= 11 is 17.8. The molecule has 0 atom stereocenters. The fourth-order valence-corrected chi connectivity index (χ4v) is 2.16. The zero-order chi connectivity index (χ0) is 14.9. The van der Waals surface area contributed by atoms with Crippen LogP contribution in [0.5, 0.6) is 0 Å². The molecule has 2 aromatic carbocycles. The van der Waals surface area contributed by atoms with E-state index in [1.165, 1.54) is 24.3 Å². The highest BCUT2D eigenvalue weighted by Crippen LogP contribution is 2.35. The number of nitrogens with one attached hydrogen (secondary N) is 1. The minimum atomic E-state index is -1.05. The van der Waals surface area contributed by atoms with Crippen molar-refractivity contribution in [2.24, 2.45) is 0 Å². The van der Waals surface area contributed by atoms with Crippen molar-refractivity contribution in [3.8, 4) is 0 Å². The highest BCUT2D eigenvalue weighted by Gasteiger charge is 2.10. The van der Waals surface area contributed by atoms with E-state index in [0.717, 1.165) is 0 Å². The quantitative estimate of drug-likeness (QED) is 0.564. The van der Waals surface area contributed by atoms with Crippen LogP contribution in [0.1, 0.15) is 10.4 Å². The fourth-order valence-electron chi connectivity index (χ4n) is 1.56. The number of rotatable bonds is 3. The number of anilines is 3. The van der Waals surface area contributed by atoms with E-state index < -0.39 is 5.97 Å². The fraction of sp³-hybridized carbons (Fsp3) is 0. The van der Waals surface area contributed by atoms with E-state index in [2.05, 4.69) is 5.32 Å². The number of aromatic carboxylic acids is 1. The van der Waals surface area contributed by atoms with Gasteiger partial charge in [-0.3, -0.25) is 0 Å². The molecule has 0 aliphatic carbocycles. The van der Waals surface area contributed by atoms with Crippen LogP contribution in [0.2, 0.25) is 15.1 Å². The molecule has 0 heterocycles. The zero-order valence-corrected chi connectivity index (χ0v) is 12.2. The standard InChI is InChI=1S/C13H9Cl3N2O2/c14-7-4-9(16)11(5-8(7)15)18-12-3-6(13(19)20)1-2-10(12)17/h1-5,18H,17H2,(H,19,20). The SMILES string of the molecule is Nc1ccc(C(=O)O)cc1Nc1cc(Cl)c(Cl)cc1Cl. The summed E-state index contributed by atoms with van der Waals surface area (Å²) in [6, 6.07) is 7.36. The van der Waals surface area contributed by atoms with Gasteiger partial charge in [0.05, 0.1) is 37.7 Å². The normalized spacial score (nSPS) is 10.3. The Hall–Kier alpha value is -1.62. The summed E-state index contributed by atoms with van der Waals surface area (Å²) in [5.41, 5.74) is 7.20. The van der Waals surface area contributed by atoms with Crippen LogP contribution in [0.15, 0.2) is 30.3 Å². The Balaban J connectivity index is 2.42. The van der Waals surface area contributed by atoms with Crippen LogP contribution in [0.25, 0.3) is 0 Å². The Morgan fingerprint density at radius 1 is 1.00 bits per heavy atom. The Bertz CT molecular complexity index is 690. The number of hydrogen-bond donors (Lipinski definition) is 3. The van der Waals surface area contributed by atoms with Crippen molar-refractivity contribution < 1.29 is 9.90 Å². The van der Waals surface area contributed by atoms with E-state index in [-0.39, 0.29) is 5.56 Å². The van der Waals surface area contributed by atoms with Crippen molar-refractivity contribution in [2.75, 3.05) is 11.1 Å². The summed E-state index contributed by atoms with van der Waals surface area (Å²) in [6.07, 6.45) is 0. The highest BCUT2D eigenvalue weighted by atomic mass is 35.5. The summed E-state index contributed by atoms with van der Waals surface area (Å²) in [4.78, 5) is 10.9. The Labute approximate surface area is 130 Å². The lowest BCUT2D eigenvalue weighted by Gasteiger charge is -2.12. The Kier molecular flexibility index (Phi) is 4.28. The van der Waals surface area contributed by atoms with Crippen molar-refractivity contribution in [1.29, 1.82) is 0 Å². The van der Waals surface area contributed by atoms with Gasteiger partial charge in [0.25, 0.3) is 0 Å². The maximum atomic E-state index is 10.9. The molecule has 0 saturated heterocycles. The lowest BCUT2D eigenvalue weighted by Crippen LogP contribution is -2.01. The maximum Gasteiger partial charge on any atom is 0.335 e. The van der Waals surface area contributed by atoms with Crippen molar-refractivity contribution in [2.45, 2.75) is 0 Å². The molecule has 2 aromatic rings. The van der Waals surface area contributed by atoms with Crippen LogP contribution in [-0.4, -0.2) is 11.1 Å². The van der Waals surface area contributed by atoms with Gasteiger partial charge in [-0.2, -0.15) is 0 Å². The monoisotopic (exact) mass is 330 g/mol. The molecule has 0 amide bonds. The van der Waals surface area contributed by atoms with Gasteiger partial charge in [0, 0.05) is 0 Å². The number of hydrogen-bond acceptors (Lipinski definition) is 3. The molecule has 0 bridgehead atoms. The van der Waals surface area contributed by atoms with Gasteiger partial charge in [0.15, 0.2) is 0 Å². The second kappa shape index (κ2) is 5.79. The van der Waals surface area contributed by atoms with E-state index >= 15 is 0 Å². The van der Waals surface area contributed by atoms with Gasteiger partial charge in [-0.25, -0.2) is 4.79 Å². The summed E-state index contributed by atoms with van der Waals surface area (Å²) in [6.45, 7) is 0. The third-order valence-electron chi connectivity index (χ3n) is 2.58. The molecular weight excluding hydrogens is 323 g/mol.